The van der Waals surface area contributed by atoms with Crippen LogP contribution in [-0.2, 0) is 14.3 Å². The number of imidazole rings is 1. The normalized spacial score (nSPS) is 22.2. The molecule has 0 radical (unpaired) electrons. The molecular formula is C40H49F3N8O7. The van der Waals surface area contributed by atoms with E-state index in [4.69, 9.17) is 29.6 Å². The van der Waals surface area contributed by atoms with E-state index >= 15 is 0 Å². The Morgan fingerprint density at radius 2 is 1.53 bits per heavy atom. The number of hydrogen-bond acceptors (Lipinski definition) is 11. The summed E-state index contributed by atoms with van der Waals surface area (Å²) in [4.78, 5) is 51.0. The van der Waals surface area contributed by atoms with Crippen LogP contribution < -0.4 is 20.9 Å². The maximum absolute atomic E-state index is 12.8. The molecule has 3 fully saturated rings. The average Bonchev–Trinajstić information content (AvgIpc) is 3.85. The number of alkyl carbamates (subject to hydrolysis) is 1. The third kappa shape index (κ3) is 10.1. The minimum atomic E-state index is -5.08. The van der Waals surface area contributed by atoms with E-state index in [0.717, 1.165) is 30.4 Å². The highest BCUT2D eigenvalue weighted by Gasteiger charge is 2.45. The van der Waals surface area contributed by atoms with Crippen molar-refractivity contribution in [3.05, 3.63) is 78.1 Å². The number of halogens is 3. The van der Waals surface area contributed by atoms with Crippen LogP contribution in [0.1, 0.15) is 76.0 Å². The number of aliphatic hydroxyl groups excluding tert-OH is 2. The SMILES string of the molecule is CC(C)(C)OC(=O)N[C@@H]1CCN(c2nc(NCC(c3ccccc3)c3ccccc3)c3ncn([C@@H]4C[C@H](NC(=O)C5CCC5)[C@@H](O)[C@H]4O)c3n2)C1.O=C(O)C(F)(F)F. The van der Waals surface area contributed by atoms with Crippen LogP contribution in [0.25, 0.3) is 11.2 Å². The van der Waals surface area contributed by atoms with Crippen LogP contribution in [0.15, 0.2) is 67.0 Å². The van der Waals surface area contributed by atoms with E-state index in [0.29, 0.717) is 55.4 Å². The Bertz CT molecular complexity index is 2000. The van der Waals surface area contributed by atoms with E-state index in [1.165, 1.54) is 0 Å². The number of aliphatic hydroxyl groups is 2. The van der Waals surface area contributed by atoms with E-state index in [2.05, 4.69) is 40.2 Å². The molecule has 15 nitrogen and oxygen atoms in total. The fourth-order valence-electron chi connectivity index (χ4n) is 7.34. The number of aromatic nitrogens is 4. The summed E-state index contributed by atoms with van der Waals surface area (Å²) in [5.41, 5.74) is 2.74. The summed E-state index contributed by atoms with van der Waals surface area (Å²) >= 11 is 0. The zero-order valence-corrected chi connectivity index (χ0v) is 32.4. The Morgan fingerprint density at radius 1 is 0.914 bits per heavy atom. The summed E-state index contributed by atoms with van der Waals surface area (Å²) in [6, 6.07) is 19.3. The summed E-state index contributed by atoms with van der Waals surface area (Å²) in [5, 5.41) is 39.0. The predicted molar refractivity (Wildman–Crippen MR) is 207 cm³/mol. The molecule has 2 amide bonds. The molecule has 1 aliphatic heterocycles. The van der Waals surface area contributed by atoms with Gasteiger partial charge in [-0.15, -0.1) is 0 Å². The highest BCUT2D eigenvalue weighted by Crippen LogP contribution is 2.36. The van der Waals surface area contributed by atoms with Gasteiger partial charge >= 0.3 is 18.2 Å². The Morgan fingerprint density at radius 3 is 2.09 bits per heavy atom. The number of amides is 2. The number of carboxylic acids is 1. The molecule has 3 heterocycles. The molecule has 0 unspecified atom stereocenters. The van der Waals surface area contributed by atoms with Gasteiger partial charge in [0.2, 0.25) is 11.9 Å². The van der Waals surface area contributed by atoms with E-state index in [1.54, 1.807) is 10.9 Å². The van der Waals surface area contributed by atoms with Crippen LogP contribution >= 0.6 is 0 Å². The molecule has 3 aliphatic rings. The lowest BCUT2D eigenvalue weighted by atomic mass is 9.84. The summed E-state index contributed by atoms with van der Waals surface area (Å²) in [6.45, 7) is 7.11. The first-order valence-electron chi connectivity index (χ1n) is 19.3. The first-order chi connectivity index (χ1) is 27.5. The molecule has 2 aromatic carbocycles. The van der Waals surface area contributed by atoms with Gasteiger partial charge in [0.05, 0.1) is 24.5 Å². The van der Waals surface area contributed by atoms with Gasteiger partial charge in [-0.25, -0.2) is 14.6 Å². The van der Waals surface area contributed by atoms with Gasteiger partial charge in [0.25, 0.3) is 0 Å². The molecular weight excluding hydrogens is 761 g/mol. The van der Waals surface area contributed by atoms with Crippen molar-refractivity contribution in [2.45, 2.75) is 101 Å². The van der Waals surface area contributed by atoms with Crippen molar-refractivity contribution < 1.29 is 47.6 Å². The predicted octanol–water partition coefficient (Wildman–Crippen LogP) is 4.76. The third-order valence-corrected chi connectivity index (χ3v) is 10.5. The van der Waals surface area contributed by atoms with Crippen LogP contribution in [0.4, 0.5) is 29.7 Å². The zero-order chi connectivity index (χ0) is 41.8. The number of fused-ring (bicyclic) bond motifs is 1. The molecule has 2 aliphatic carbocycles. The standard InChI is InChI=1S/C38H48N8O5.C2HF3O2/c1-38(2,3)51-37(50)41-26-17-18-45(21-26)36-43-33(39-20-27(23-11-6-4-7-12-23)24-13-8-5-9-14-24)30-34(44-36)46(22-40-30)29-19-28(31(47)32(29)48)42-35(49)25-15-10-16-25;3-2(4,5)1(6)7/h4-9,11-14,22,25-29,31-32,47-48H,10,15-21H2,1-3H3,(H,41,50)(H,42,49)(H,39,43,44);(H,6,7)/t26-,28+,29-,31-,32+;/m1./s1. The molecule has 0 bridgehead atoms. The second-order valence-corrected chi connectivity index (χ2v) is 15.9. The summed E-state index contributed by atoms with van der Waals surface area (Å²) in [5.74, 6) is -1.84. The van der Waals surface area contributed by atoms with Crippen molar-refractivity contribution in [3.8, 4) is 0 Å². The minimum absolute atomic E-state index is 0.0176. The number of hydrogen-bond donors (Lipinski definition) is 6. The second-order valence-electron chi connectivity index (χ2n) is 15.9. The number of ether oxygens (including phenoxy) is 1. The van der Waals surface area contributed by atoms with Gasteiger partial charge in [0, 0.05) is 31.5 Å². The molecule has 0 spiro atoms. The fraction of sp³-hybridized carbons (Fsp3) is 0.500. The monoisotopic (exact) mass is 810 g/mol. The highest BCUT2D eigenvalue weighted by atomic mass is 19.4. The van der Waals surface area contributed by atoms with Crippen LogP contribution in [0.2, 0.25) is 0 Å². The lowest BCUT2D eigenvalue weighted by molar-refractivity contribution is -0.192. The van der Waals surface area contributed by atoms with Crippen LogP contribution in [0, 0.1) is 5.92 Å². The van der Waals surface area contributed by atoms with Gasteiger partial charge in [-0.2, -0.15) is 23.1 Å². The van der Waals surface area contributed by atoms with Crippen molar-refractivity contribution in [1.82, 2.24) is 30.2 Å². The van der Waals surface area contributed by atoms with E-state index in [1.807, 2.05) is 62.1 Å². The van der Waals surface area contributed by atoms with Crippen molar-refractivity contribution in [2.75, 3.05) is 29.9 Å². The van der Waals surface area contributed by atoms with Gasteiger partial charge in [-0.05, 0) is 57.6 Å². The number of carbonyl (C=O) groups is 3. The molecule has 4 aromatic rings. The van der Waals surface area contributed by atoms with Gasteiger partial charge in [0.15, 0.2) is 17.0 Å². The number of rotatable bonds is 10. The lowest BCUT2D eigenvalue weighted by Gasteiger charge is -2.27. The Hall–Kier alpha value is -5.49. The zero-order valence-electron chi connectivity index (χ0n) is 32.4. The number of nitrogens with zero attached hydrogens (tertiary/aromatic N) is 5. The quantitative estimate of drug-likeness (QED) is 0.128. The van der Waals surface area contributed by atoms with Crippen molar-refractivity contribution in [3.63, 3.8) is 0 Å². The number of benzene rings is 2. The number of carboxylic acid groups (broad SMARTS) is 1. The largest absolute Gasteiger partial charge is 0.490 e. The maximum atomic E-state index is 12.8. The topological polar surface area (TPSA) is 204 Å². The number of carbonyl (C=O) groups excluding carboxylic acids is 2. The van der Waals surface area contributed by atoms with Crippen LogP contribution in [0.3, 0.4) is 0 Å². The first kappa shape index (κ1) is 42.1. The molecule has 2 aromatic heterocycles. The number of anilines is 2. The van der Waals surface area contributed by atoms with Gasteiger partial charge in [-0.3, -0.25) is 4.79 Å². The molecule has 18 heteroatoms. The number of aliphatic carboxylic acids is 1. The van der Waals surface area contributed by atoms with Crippen molar-refractivity contribution >= 4 is 40.9 Å². The van der Waals surface area contributed by atoms with Crippen LogP contribution in [-0.4, -0.2) is 109 Å². The Balaban J connectivity index is 0.000000743. The molecule has 58 heavy (non-hydrogen) atoms. The van der Waals surface area contributed by atoms with Crippen molar-refractivity contribution in [2.24, 2.45) is 5.92 Å². The minimum Gasteiger partial charge on any atom is -0.475 e. The average molecular weight is 811 g/mol. The van der Waals surface area contributed by atoms with Crippen LogP contribution in [0.5, 0.6) is 0 Å². The molecule has 2 saturated carbocycles. The summed E-state index contributed by atoms with van der Waals surface area (Å²) in [6.07, 6.45) is -2.45. The maximum Gasteiger partial charge on any atom is 0.490 e. The van der Waals surface area contributed by atoms with E-state index in [9.17, 15) is 33.0 Å². The van der Waals surface area contributed by atoms with E-state index < -0.39 is 48.1 Å². The Labute approximate surface area is 333 Å². The van der Waals surface area contributed by atoms with Gasteiger partial charge in [0.1, 0.15) is 17.8 Å². The smallest absolute Gasteiger partial charge is 0.475 e. The first-order valence-corrected chi connectivity index (χ1v) is 19.3. The van der Waals surface area contributed by atoms with Gasteiger partial charge < -0.3 is 45.5 Å². The molecule has 6 N–H and O–H groups in total. The molecule has 312 valence electrons. The summed E-state index contributed by atoms with van der Waals surface area (Å²) in [7, 11) is 0. The van der Waals surface area contributed by atoms with Crippen molar-refractivity contribution in [1.29, 1.82) is 0 Å². The summed E-state index contributed by atoms with van der Waals surface area (Å²) < 4.78 is 39.0. The second kappa shape index (κ2) is 17.6. The number of alkyl halides is 3. The lowest BCUT2D eigenvalue weighted by Crippen LogP contribution is -2.46. The fourth-order valence-corrected chi connectivity index (χ4v) is 7.34. The molecule has 7 rings (SSSR count). The Kier molecular flexibility index (Phi) is 12.8. The highest BCUT2D eigenvalue weighted by molar-refractivity contribution is 5.85. The number of nitrogens with one attached hydrogen (secondary N) is 3. The molecule has 1 saturated heterocycles. The van der Waals surface area contributed by atoms with Gasteiger partial charge in [-0.1, -0.05) is 67.1 Å². The molecule has 5 atom stereocenters. The third-order valence-electron chi connectivity index (χ3n) is 10.5. The van der Waals surface area contributed by atoms with E-state index in [-0.39, 0.29) is 23.8 Å².